The van der Waals surface area contributed by atoms with Gasteiger partial charge in [0, 0.05) is 30.4 Å². The number of halogens is 1. The van der Waals surface area contributed by atoms with Gasteiger partial charge in [-0.25, -0.2) is 0 Å². The van der Waals surface area contributed by atoms with E-state index in [0.29, 0.717) is 5.69 Å². The van der Waals surface area contributed by atoms with Crippen molar-refractivity contribution >= 4 is 21.7 Å². The van der Waals surface area contributed by atoms with Gasteiger partial charge >= 0.3 is 0 Å². The molecule has 1 aromatic heterocycles. The van der Waals surface area contributed by atoms with E-state index in [2.05, 4.69) is 31.0 Å². The normalized spacial score (nSPS) is 15.4. The van der Waals surface area contributed by atoms with Gasteiger partial charge in [-0.05, 0) is 30.3 Å². The van der Waals surface area contributed by atoms with Crippen molar-refractivity contribution in [1.82, 2.24) is 10.2 Å². The highest BCUT2D eigenvalue weighted by molar-refractivity contribution is 9.10. The van der Waals surface area contributed by atoms with E-state index in [4.69, 9.17) is 10.00 Å². The number of rotatable bonds is 3. The van der Waals surface area contributed by atoms with Crippen molar-refractivity contribution < 1.29 is 4.74 Å². The van der Waals surface area contributed by atoms with Crippen molar-refractivity contribution in [2.45, 2.75) is 18.9 Å². The standard InChI is InChI=1S/C16H15BrN4O/c17-12-2-1-3-15(10-12)22-14-6-8-21(9-7-14)16-5-4-13(11-18)19-20-16/h1-5,10,14H,6-9H2. The Morgan fingerprint density at radius 3 is 2.64 bits per heavy atom. The van der Waals surface area contributed by atoms with Crippen LogP contribution < -0.4 is 9.64 Å². The van der Waals surface area contributed by atoms with Crippen molar-refractivity contribution in [1.29, 1.82) is 5.26 Å². The van der Waals surface area contributed by atoms with Crippen molar-refractivity contribution in [3.05, 3.63) is 46.6 Å². The van der Waals surface area contributed by atoms with Crippen LogP contribution in [0.5, 0.6) is 5.75 Å². The maximum absolute atomic E-state index is 8.75. The number of benzene rings is 1. The van der Waals surface area contributed by atoms with Crippen LogP contribution in [-0.2, 0) is 0 Å². The van der Waals surface area contributed by atoms with Gasteiger partial charge < -0.3 is 9.64 Å². The van der Waals surface area contributed by atoms with Gasteiger partial charge in [0.15, 0.2) is 11.5 Å². The fourth-order valence-corrected chi connectivity index (χ4v) is 2.87. The first-order valence-electron chi connectivity index (χ1n) is 7.15. The number of hydrogen-bond acceptors (Lipinski definition) is 5. The summed E-state index contributed by atoms with van der Waals surface area (Å²) < 4.78 is 7.04. The maximum Gasteiger partial charge on any atom is 0.163 e. The SMILES string of the molecule is N#Cc1ccc(N2CCC(Oc3cccc(Br)c3)CC2)nn1. The summed E-state index contributed by atoms with van der Waals surface area (Å²) >= 11 is 3.45. The number of ether oxygens (including phenoxy) is 1. The summed E-state index contributed by atoms with van der Waals surface area (Å²) in [4.78, 5) is 2.18. The maximum atomic E-state index is 8.75. The average Bonchev–Trinajstić information content (AvgIpc) is 2.56. The van der Waals surface area contributed by atoms with E-state index in [1.54, 1.807) is 6.07 Å². The lowest BCUT2D eigenvalue weighted by atomic mass is 10.1. The molecule has 1 aromatic carbocycles. The molecule has 0 unspecified atom stereocenters. The van der Waals surface area contributed by atoms with E-state index in [-0.39, 0.29) is 6.10 Å². The van der Waals surface area contributed by atoms with Crippen molar-refractivity contribution in [3.8, 4) is 11.8 Å². The van der Waals surface area contributed by atoms with E-state index >= 15 is 0 Å². The van der Waals surface area contributed by atoms with Gasteiger partial charge in [0.25, 0.3) is 0 Å². The van der Waals surface area contributed by atoms with Crippen LogP contribution >= 0.6 is 15.9 Å². The van der Waals surface area contributed by atoms with E-state index in [1.165, 1.54) is 0 Å². The average molecular weight is 359 g/mol. The largest absolute Gasteiger partial charge is 0.490 e. The Kier molecular flexibility index (Phi) is 4.54. The lowest BCUT2D eigenvalue weighted by Gasteiger charge is -2.32. The molecule has 22 heavy (non-hydrogen) atoms. The quantitative estimate of drug-likeness (QED) is 0.843. The molecule has 1 saturated heterocycles. The molecule has 3 rings (SSSR count). The molecule has 1 aliphatic heterocycles. The predicted molar refractivity (Wildman–Crippen MR) is 86.8 cm³/mol. The molecule has 1 fully saturated rings. The molecule has 112 valence electrons. The van der Waals surface area contributed by atoms with Gasteiger partial charge in [0.1, 0.15) is 17.9 Å². The molecule has 0 N–H and O–H groups in total. The Morgan fingerprint density at radius 1 is 1.18 bits per heavy atom. The summed E-state index contributed by atoms with van der Waals surface area (Å²) in [6.45, 7) is 1.75. The van der Waals surface area contributed by atoms with Crippen LogP contribution in [-0.4, -0.2) is 29.4 Å². The van der Waals surface area contributed by atoms with Crippen LogP contribution in [0.1, 0.15) is 18.5 Å². The van der Waals surface area contributed by atoms with Gasteiger partial charge in [0.2, 0.25) is 0 Å². The molecule has 0 aliphatic carbocycles. The number of aromatic nitrogens is 2. The molecule has 0 spiro atoms. The Morgan fingerprint density at radius 2 is 2.00 bits per heavy atom. The molecule has 1 aliphatic rings. The third-order valence-corrected chi connectivity index (χ3v) is 4.12. The van der Waals surface area contributed by atoms with E-state index < -0.39 is 0 Å². The van der Waals surface area contributed by atoms with Crippen molar-refractivity contribution in [3.63, 3.8) is 0 Å². The molecule has 2 aromatic rings. The molecule has 0 bridgehead atoms. The second-order valence-corrected chi connectivity index (χ2v) is 6.07. The lowest BCUT2D eigenvalue weighted by Crippen LogP contribution is -2.38. The van der Waals surface area contributed by atoms with Crippen molar-refractivity contribution in [2.75, 3.05) is 18.0 Å². The number of nitriles is 1. The first-order chi connectivity index (χ1) is 10.7. The molecule has 0 radical (unpaired) electrons. The first-order valence-corrected chi connectivity index (χ1v) is 7.95. The summed E-state index contributed by atoms with van der Waals surface area (Å²) in [5.74, 6) is 1.71. The van der Waals surface area contributed by atoms with Gasteiger partial charge in [0.05, 0.1) is 0 Å². The fourth-order valence-electron chi connectivity index (χ4n) is 2.49. The third-order valence-electron chi connectivity index (χ3n) is 3.63. The second kappa shape index (κ2) is 6.75. The fraction of sp³-hybridized carbons (Fsp3) is 0.312. The Hall–Kier alpha value is -2.13. The number of nitrogens with zero attached hydrogens (tertiary/aromatic N) is 4. The Balaban J connectivity index is 1.57. The van der Waals surface area contributed by atoms with E-state index in [0.717, 1.165) is 42.0 Å². The monoisotopic (exact) mass is 358 g/mol. The minimum Gasteiger partial charge on any atom is -0.490 e. The van der Waals surface area contributed by atoms with Crippen LogP contribution in [0.4, 0.5) is 5.82 Å². The molecule has 0 saturated carbocycles. The number of piperidine rings is 1. The molecular weight excluding hydrogens is 344 g/mol. The molecule has 0 atom stereocenters. The summed E-state index contributed by atoms with van der Waals surface area (Å²) in [6.07, 6.45) is 2.10. The Labute approximate surface area is 137 Å². The van der Waals surface area contributed by atoms with Crippen LogP contribution in [0.15, 0.2) is 40.9 Å². The second-order valence-electron chi connectivity index (χ2n) is 5.15. The Bertz CT molecular complexity index is 675. The predicted octanol–water partition coefficient (Wildman–Crippen LogP) is 3.16. The van der Waals surface area contributed by atoms with Gasteiger partial charge in [-0.1, -0.05) is 22.0 Å². The van der Waals surface area contributed by atoms with Crippen molar-refractivity contribution in [2.24, 2.45) is 0 Å². The molecule has 6 heteroatoms. The molecule has 2 heterocycles. The van der Waals surface area contributed by atoms with Gasteiger partial charge in [-0.3, -0.25) is 0 Å². The summed E-state index contributed by atoms with van der Waals surface area (Å²) in [7, 11) is 0. The first kappa shape index (κ1) is 14.8. The zero-order chi connectivity index (χ0) is 15.4. The third kappa shape index (κ3) is 3.55. The number of hydrogen-bond donors (Lipinski definition) is 0. The van der Waals surface area contributed by atoms with Crippen LogP contribution in [0, 0.1) is 11.3 Å². The highest BCUT2D eigenvalue weighted by Gasteiger charge is 2.21. The minimum absolute atomic E-state index is 0.219. The zero-order valence-corrected chi connectivity index (χ0v) is 13.5. The number of anilines is 1. The van der Waals surface area contributed by atoms with E-state index in [1.807, 2.05) is 36.4 Å². The van der Waals surface area contributed by atoms with Gasteiger partial charge in [-0.15, -0.1) is 10.2 Å². The highest BCUT2D eigenvalue weighted by Crippen LogP contribution is 2.23. The summed E-state index contributed by atoms with van der Waals surface area (Å²) in [6, 6.07) is 13.4. The smallest absolute Gasteiger partial charge is 0.163 e. The summed E-state index contributed by atoms with van der Waals surface area (Å²) in [5, 5.41) is 16.7. The lowest BCUT2D eigenvalue weighted by molar-refractivity contribution is 0.170. The summed E-state index contributed by atoms with van der Waals surface area (Å²) in [5.41, 5.74) is 0.344. The zero-order valence-electron chi connectivity index (χ0n) is 11.9. The molecule has 0 amide bonds. The van der Waals surface area contributed by atoms with Crippen LogP contribution in [0.3, 0.4) is 0 Å². The minimum atomic E-state index is 0.219. The highest BCUT2D eigenvalue weighted by atomic mass is 79.9. The molecular formula is C16H15BrN4O. The van der Waals surface area contributed by atoms with Crippen LogP contribution in [0.25, 0.3) is 0 Å². The van der Waals surface area contributed by atoms with E-state index in [9.17, 15) is 0 Å². The topological polar surface area (TPSA) is 62.0 Å². The van der Waals surface area contributed by atoms with Gasteiger partial charge in [-0.2, -0.15) is 5.26 Å². The molecule has 5 nitrogen and oxygen atoms in total. The van der Waals surface area contributed by atoms with Crippen LogP contribution in [0.2, 0.25) is 0 Å².